The lowest BCUT2D eigenvalue weighted by Crippen LogP contribution is -2.39. The first-order chi connectivity index (χ1) is 14.1. The molecule has 1 aliphatic carbocycles. The number of benzene rings is 1. The second-order valence-corrected chi connectivity index (χ2v) is 7.33. The van der Waals surface area contributed by atoms with Crippen molar-refractivity contribution in [2.75, 3.05) is 6.61 Å². The van der Waals surface area contributed by atoms with Crippen LogP contribution in [0.1, 0.15) is 62.2 Å². The van der Waals surface area contributed by atoms with Crippen LogP contribution in [0.4, 0.5) is 4.39 Å². The van der Waals surface area contributed by atoms with Gasteiger partial charge < -0.3 is 14.8 Å². The maximum absolute atomic E-state index is 12.9. The highest BCUT2D eigenvalue weighted by molar-refractivity contribution is 5.94. The molecular weight excluding hydrogens is 373 g/mol. The van der Waals surface area contributed by atoms with E-state index < -0.39 is 5.82 Å². The molecule has 1 amide bonds. The fraction of sp³-hybridized carbons (Fsp3) is 0.500. The van der Waals surface area contributed by atoms with E-state index in [0.717, 1.165) is 63.1 Å². The SMILES string of the molecule is CCCCCOc1ccc(C(=O)NC2CCC(Oc3ncc(F)cn3)CC2)cc1. The second-order valence-electron chi connectivity index (χ2n) is 7.33. The number of carbonyl (C=O) groups is 1. The Morgan fingerprint density at radius 3 is 2.45 bits per heavy atom. The van der Waals surface area contributed by atoms with Gasteiger partial charge in [0.25, 0.3) is 5.91 Å². The van der Waals surface area contributed by atoms with Gasteiger partial charge in [-0.2, -0.15) is 0 Å². The highest BCUT2D eigenvalue weighted by Gasteiger charge is 2.24. The number of aromatic nitrogens is 2. The Labute approximate surface area is 170 Å². The molecule has 1 aromatic heterocycles. The molecule has 0 spiro atoms. The largest absolute Gasteiger partial charge is 0.494 e. The molecule has 1 N–H and O–H groups in total. The molecule has 29 heavy (non-hydrogen) atoms. The van der Waals surface area contributed by atoms with E-state index >= 15 is 0 Å². The lowest BCUT2D eigenvalue weighted by molar-refractivity contribution is 0.0885. The summed E-state index contributed by atoms with van der Waals surface area (Å²) in [4.78, 5) is 20.1. The van der Waals surface area contributed by atoms with Crippen molar-refractivity contribution < 1.29 is 18.7 Å². The maximum Gasteiger partial charge on any atom is 0.316 e. The molecule has 1 heterocycles. The van der Waals surface area contributed by atoms with Gasteiger partial charge in [0.15, 0.2) is 5.82 Å². The molecular formula is C22H28FN3O3. The fourth-order valence-corrected chi connectivity index (χ4v) is 3.35. The number of rotatable bonds is 9. The first kappa shape index (κ1) is 21.0. The summed E-state index contributed by atoms with van der Waals surface area (Å²) in [6.07, 6.45) is 8.74. The van der Waals surface area contributed by atoms with Crippen molar-refractivity contribution >= 4 is 5.91 Å². The van der Waals surface area contributed by atoms with Gasteiger partial charge in [0.2, 0.25) is 0 Å². The second kappa shape index (κ2) is 10.7. The summed E-state index contributed by atoms with van der Waals surface area (Å²) in [6.45, 7) is 2.86. The van der Waals surface area contributed by atoms with Crippen LogP contribution in [-0.2, 0) is 0 Å². The summed E-state index contributed by atoms with van der Waals surface area (Å²) in [5.41, 5.74) is 0.629. The predicted molar refractivity (Wildman–Crippen MR) is 108 cm³/mol. The zero-order valence-corrected chi connectivity index (χ0v) is 16.8. The Kier molecular flexibility index (Phi) is 7.78. The summed E-state index contributed by atoms with van der Waals surface area (Å²) in [5, 5.41) is 3.09. The molecule has 156 valence electrons. The molecule has 7 heteroatoms. The van der Waals surface area contributed by atoms with Crippen molar-refractivity contribution in [3.63, 3.8) is 0 Å². The first-order valence-corrected chi connectivity index (χ1v) is 10.3. The van der Waals surface area contributed by atoms with Gasteiger partial charge in [-0.25, -0.2) is 14.4 Å². The zero-order chi connectivity index (χ0) is 20.5. The molecule has 1 aromatic carbocycles. The van der Waals surface area contributed by atoms with Crippen molar-refractivity contribution in [3.8, 4) is 11.8 Å². The zero-order valence-electron chi connectivity index (χ0n) is 16.8. The molecule has 3 rings (SSSR count). The quantitative estimate of drug-likeness (QED) is 0.634. The van der Waals surface area contributed by atoms with Crippen molar-refractivity contribution in [3.05, 3.63) is 48.0 Å². The summed E-state index contributed by atoms with van der Waals surface area (Å²) in [7, 11) is 0. The van der Waals surface area contributed by atoms with Crippen LogP contribution >= 0.6 is 0 Å². The third-order valence-electron chi connectivity index (χ3n) is 5.01. The summed E-state index contributed by atoms with van der Waals surface area (Å²) in [6, 6.07) is 7.58. The number of unbranched alkanes of at least 4 members (excludes halogenated alkanes) is 2. The van der Waals surface area contributed by atoms with Gasteiger partial charge >= 0.3 is 6.01 Å². The molecule has 1 aliphatic rings. The highest BCUT2D eigenvalue weighted by atomic mass is 19.1. The third kappa shape index (κ3) is 6.69. The Balaban J connectivity index is 1.40. The van der Waals surface area contributed by atoms with Gasteiger partial charge in [0.1, 0.15) is 11.9 Å². The van der Waals surface area contributed by atoms with E-state index in [1.165, 1.54) is 0 Å². The van der Waals surface area contributed by atoms with Gasteiger partial charge in [0.05, 0.1) is 19.0 Å². The minimum absolute atomic E-state index is 0.0160. The van der Waals surface area contributed by atoms with Crippen molar-refractivity contribution in [2.45, 2.75) is 64.0 Å². The monoisotopic (exact) mass is 401 g/mol. The van der Waals surface area contributed by atoms with Gasteiger partial charge in [-0.15, -0.1) is 0 Å². The van der Waals surface area contributed by atoms with E-state index in [9.17, 15) is 9.18 Å². The van der Waals surface area contributed by atoms with Gasteiger partial charge in [0, 0.05) is 11.6 Å². The van der Waals surface area contributed by atoms with Crippen molar-refractivity contribution in [1.29, 1.82) is 0 Å². The molecule has 0 unspecified atom stereocenters. The lowest BCUT2D eigenvalue weighted by atomic mass is 9.92. The van der Waals surface area contributed by atoms with Crippen LogP contribution in [0.3, 0.4) is 0 Å². The first-order valence-electron chi connectivity index (χ1n) is 10.3. The standard InChI is InChI=1S/C22H28FN3O3/c1-2-3-4-13-28-19-9-5-16(6-10-19)21(27)26-18-7-11-20(12-8-18)29-22-24-14-17(23)15-25-22/h5-6,9-10,14-15,18,20H,2-4,7-8,11-13H2,1H3,(H,26,27). The van der Waals surface area contributed by atoms with Crippen LogP contribution in [0.15, 0.2) is 36.7 Å². The topological polar surface area (TPSA) is 73.3 Å². The van der Waals surface area contributed by atoms with Gasteiger partial charge in [-0.05, 0) is 56.4 Å². The predicted octanol–water partition coefficient (Wildman–Crippen LogP) is 4.30. The molecule has 6 nitrogen and oxygen atoms in total. The Morgan fingerprint density at radius 2 is 1.79 bits per heavy atom. The van der Waals surface area contributed by atoms with Crippen molar-refractivity contribution in [1.82, 2.24) is 15.3 Å². The van der Waals surface area contributed by atoms with Crippen molar-refractivity contribution in [2.24, 2.45) is 0 Å². The van der Waals surface area contributed by atoms with E-state index in [0.29, 0.717) is 12.2 Å². The molecule has 1 fully saturated rings. The molecule has 2 aromatic rings. The number of hydrogen-bond donors (Lipinski definition) is 1. The number of halogens is 1. The molecule has 1 saturated carbocycles. The number of carbonyl (C=O) groups excluding carboxylic acids is 1. The highest BCUT2D eigenvalue weighted by Crippen LogP contribution is 2.22. The average molecular weight is 401 g/mol. The summed E-state index contributed by atoms with van der Waals surface area (Å²) in [5.74, 6) is 0.229. The van der Waals surface area contributed by atoms with E-state index in [2.05, 4.69) is 22.2 Å². The number of nitrogens with one attached hydrogen (secondary N) is 1. The number of ether oxygens (including phenoxy) is 2. The molecule has 0 bridgehead atoms. The van der Waals surface area contributed by atoms with Crippen LogP contribution < -0.4 is 14.8 Å². The van der Waals surface area contributed by atoms with E-state index in [4.69, 9.17) is 9.47 Å². The van der Waals surface area contributed by atoms with Crippen LogP contribution in [0.25, 0.3) is 0 Å². The minimum Gasteiger partial charge on any atom is -0.494 e. The number of amides is 1. The Bertz CT molecular complexity index is 760. The minimum atomic E-state index is -0.486. The van der Waals surface area contributed by atoms with Crippen LogP contribution in [-0.4, -0.2) is 34.6 Å². The summed E-state index contributed by atoms with van der Waals surface area (Å²) >= 11 is 0. The van der Waals surface area contributed by atoms with E-state index in [1.54, 1.807) is 12.1 Å². The lowest BCUT2D eigenvalue weighted by Gasteiger charge is -2.28. The van der Waals surface area contributed by atoms with E-state index in [-0.39, 0.29) is 24.1 Å². The number of hydrogen-bond acceptors (Lipinski definition) is 5. The third-order valence-corrected chi connectivity index (χ3v) is 5.01. The summed E-state index contributed by atoms with van der Waals surface area (Å²) < 4.78 is 24.2. The Hall–Kier alpha value is -2.70. The average Bonchev–Trinajstić information content (AvgIpc) is 2.75. The molecule has 0 saturated heterocycles. The Morgan fingerprint density at radius 1 is 1.10 bits per heavy atom. The van der Waals surface area contributed by atoms with Crippen LogP contribution in [0.2, 0.25) is 0 Å². The molecule has 0 radical (unpaired) electrons. The normalized spacial score (nSPS) is 18.8. The van der Waals surface area contributed by atoms with E-state index in [1.807, 2.05) is 12.1 Å². The number of nitrogens with zero attached hydrogens (tertiary/aromatic N) is 2. The van der Waals surface area contributed by atoms with Gasteiger partial charge in [-0.3, -0.25) is 4.79 Å². The maximum atomic E-state index is 12.9. The fourth-order valence-electron chi connectivity index (χ4n) is 3.35. The van der Waals surface area contributed by atoms with Crippen LogP contribution in [0.5, 0.6) is 11.8 Å². The molecule has 0 atom stereocenters. The smallest absolute Gasteiger partial charge is 0.316 e. The molecule has 0 aliphatic heterocycles. The van der Waals surface area contributed by atoms with Crippen LogP contribution in [0, 0.1) is 5.82 Å². The van der Waals surface area contributed by atoms with Gasteiger partial charge in [-0.1, -0.05) is 19.8 Å².